The second-order valence-electron chi connectivity index (χ2n) is 10.4. The van der Waals surface area contributed by atoms with Crippen LogP contribution in [0.4, 0.5) is 0 Å². The molecule has 0 bridgehead atoms. The summed E-state index contributed by atoms with van der Waals surface area (Å²) in [6, 6.07) is -0.746. The number of Topliss-reactive ketones (excluding diaryl/α,β-unsaturated/α-hetero) is 1. The van der Waals surface area contributed by atoms with E-state index in [1.165, 1.54) is 6.92 Å². The lowest BCUT2D eigenvalue weighted by Gasteiger charge is -2.37. The lowest BCUT2D eigenvalue weighted by molar-refractivity contribution is -0.155. The van der Waals surface area contributed by atoms with Gasteiger partial charge < -0.3 is 18.5 Å². The van der Waals surface area contributed by atoms with E-state index in [2.05, 4.69) is 29.0 Å². The highest BCUT2D eigenvalue weighted by Gasteiger charge is 2.44. The molecule has 0 N–H and O–H groups in total. The van der Waals surface area contributed by atoms with Crippen LogP contribution in [0.2, 0.25) is 0 Å². The predicted molar refractivity (Wildman–Crippen MR) is 147 cm³/mol. The van der Waals surface area contributed by atoms with E-state index < -0.39 is 53.7 Å². The van der Waals surface area contributed by atoms with E-state index in [-0.39, 0.29) is 24.5 Å². The molecule has 0 aromatic carbocycles. The van der Waals surface area contributed by atoms with Crippen molar-refractivity contribution in [1.29, 1.82) is 0 Å². The summed E-state index contributed by atoms with van der Waals surface area (Å²) in [4.78, 5) is 41.6. The van der Waals surface area contributed by atoms with Gasteiger partial charge >= 0.3 is 11.9 Å². The summed E-state index contributed by atoms with van der Waals surface area (Å²) in [5.41, 5.74) is 9.01. The molecule has 0 spiro atoms. The van der Waals surface area contributed by atoms with E-state index in [4.69, 9.17) is 18.5 Å². The normalized spacial score (nSPS) is 32.7. The summed E-state index contributed by atoms with van der Waals surface area (Å²) in [6.45, 7) is 12.3. The fourth-order valence-electron chi connectivity index (χ4n) is 4.89. The van der Waals surface area contributed by atoms with Gasteiger partial charge in [0.25, 0.3) is 0 Å². The molecule has 1 heterocycles. The Morgan fingerprint density at radius 2 is 1.84 bits per heavy atom. The van der Waals surface area contributed by atoms with Crippen LogP contribution in [0, 0.1) is 17.3 Å². The number of hydrogen-bond acceptors (Lipinski definition) is 8. The number of azide groups is 1. The molecule has 0 saturated carbocycles. The van der Waals surface area contributed by atoms with Gasteiger partial charge in [0.15, 0.2) is 0 Å². The highest BCUT2D eigenvalue weighted by molar-refractivity contribution is 7.10. The van der Waals surface area contributed by atoms with Crippen molar-refractivity contribution in [3.8, 4) is 0 Å². The summed E-state index contributed by atoms with van der Waals surface area (Å²) < 4.78 is 22.6. The SMILES string of the molecule is C/C=C(\C)C1CC(N=[N+]=[N-])C(OC(C)=O)CCCC(C)C(OP)C(C)C(=O)C(C)(C)C(OP)CC(=O)O1. The molecule has 0 aromatic heterocycles. The third-order valence-electron chi connectivity index (χ3n) is 7.37. The quantitative estimate of drug-likeness (QED) is 0.106. The topological polar surface area (TPSA) is 137 Å². The second-order valence-corrected chi connectivity index (χ2v) is 10.9. The largest absolute Gasteiger partial charge is 0.462 e. The molecule has 1 aliphatic heterocycles. The Kier molecular flexibility index (Phi) is 14.3. The number of nitrogens with zero attached hydrogens (tertiary/aromatic N) is 3. The van der Waals surface area contributed by atoms with Crippen molar-refractivity contribution >= 4 is 36.7 Å². The van der Waals surface area contributed by atoms with Gasteiger partial charge in [-0.25, -0.2) is 0 Å². The molecule has 210 valence electrons. The summed E-state index contributed by atoms with van der Waals surface area (Å²) in [5, 5.41) is 3.92. The van der Waals surface area contributed by atoms with Gasteiger partial charge in [0.1, 0.15) is 18.0 Å². The molecule has 0 aromatic rings. The molecule has 37 heavy (non-hydrogen) atoms. The lowest BCUT2D eigenvalue weighted by Crippen LogP contribution is -2.46. The lowest BCUT2D eigenvalue weighted by atomic mass is 9.73. The number of carbonyl (C=O) groups excluding carboxylic acids is 3. The van der Waals surface area contributed by atoms with E-state index in [0.29, 0.717) is 19.3 Å². The number of esters is 2. The van der Waals surface area contributed by atoms with Crippen LogP contribution in [0.3, 0.4) is 0 Å². The first-order valence-corrected chi connectivity index (χ1v) is 13.6. The molecule has 12 heteroatoms. The first-order valence-electron chi connectivity index (χ1n) is 12.6. The van der Waals surface area contributed by atoms with E-state index >= 15 is 0 Å². The molecule has 1 rings (SSSR count). The van der Waals surface area contributed by atoms with Crippen LogP contribution in [0.15, 0.2) is 16.8 Å². The Morgan fingerprint density at radius 1 is 1.19 bits per heavy atom. The Bertz CT molecular complexity index is 876. The summed E-state index contributed by atoms with van der Waals surface area (Å²) in [5.74, 6) is -1.62. The monoisotopic (exact) mass is 559 g/mol. The Labute approximate surface area is 225 Å². The number of ketones is 1. The van der Waals surface area contributed by atoms with Gasteiger partial charge in [0, 0.05) is 43.1 Å². The van der Waals surface area contributed by atoms with Crippen LogP contribution in [0.5, 0.6) is 0 Å². The summed E-state index contributed by atoms with van der Waals surface area (Å²) in [6.07, 6.45) is 0.976. The minimum Gasteiger partial charge on any atom is -0.462 e. The molecule has 0 amide bonds. The van der Waals surface area contributed by atoms with Gasteiger partial charge in [-0.3, -0.25) is 14.4 Å². The highest BCUT2D eigenvalue weighted by atomic mass is 31.0. The number of cyclic esters (lactones) is 1. The van der Waals surface area contributed by atoms with Gasteiger partial charge in [0.2, 0.25) is 0 Å². The maximum absolute atomic E-state index is 13.6. The van der Waals surface area contributed by atoms with Gasteiger partial charge in [-0.15, -0.1) is 0 Å². The highest BCUT2D eigenvalue weighted by Crippen LogP contribution is 2.36. The molecule has 10 nitrogen and oxygen atoms in total. The van der Waals surface area contributed by atoms with Crippen LogP contribution in [0.1, 0.15) is 80.6 Å². The number of rotatable bonds is 5. The summed E-state index contributed by atoms with van der Waals surface area (Å²) >= 11 is 0. The standard InChI is InChI=1S/C25H43N3O7P2/c1-8-14(2)20-12-18(27-28-26)19(32-17(5)29)11-9-10-15(3)23(35-37)16(4)24(31)25(6,7)21(34-36)13-22(30)33-20/h8,15-16,18-21,23H,9-13,36-37H2,1-7H3/b14-8+. The molecule has 1 aliphatic rings. The van der Waals surface area contributed by atoms with Crippen molar-refractivity contribution in [3.05, 3.63) is 22.1 Å². The maximum Gasteiger partial charge on any atom is 0.309 e. The van der Waals surface area contributed by atoms with E-state index in [9.17, 15) is 19.9 Å². The Balaban J connectivity index is 3.52. The molecule has 0 aliphatic carbocycles. The van der Waals surface area contributed by atoms with Crippen molar-refractivity contribution in [2.24, 2.45) is 22.4 Å². The fraction of sp³-hybridized carbons (Fsp3) is 0.800. The smallest absolute Gasteiger partial charge is 0.309 e. The van der Waals surface area contributed by atoms with Gasteiger partial charge in [0.05, 0.1) is 30.1 Å². The van der Waals surface area contributed by atoms with E-state index in [1.54, 1.807) is 13.8 Å². The molecule has 0 radical (unpaired) electrons. The average Bonchev–Trinajstić information content (AvgIpc) is 2.84. The predicted octanol–water partition coefficient (Wildman–Crippen LogP) is 5.66. The summed E-state index contributed by atoms with van der Waals surface area (Å²) in [7, 11) is 4.41. The zero-order valence-corrected chi connectivity index (χ0v) is 25.3. The van der Waals surface area contributed by atoms with Gasteiger partial charge in [-0.2, -0.15) is 0 Å². The molecule has 9 unspecified atom stereocenters. The third kappa shape index (κ3) is 9.60. The fourth-order valence-corrected chi connectivity index (χ4v) is 5.83. The molecular weight excluding hydrogens is 516 g/mol. The van der Waals surface area contributed by atoms with Crippen LogP contribution < -0.4 is 0 Å². The Hall–Kier alpha value is -1.56. The van der Waals surface area contributed by atoms with Crippen LogP contribution in [-0.2, 0) is 32.9 Å². The van der Waals surface area contributed by atoms with Crippen LogP contribution in [0.25, 0.3) is 10.4 Å². The van der Waals surface area contributed by atoms with Crippen molar-refractivity contribution in [1.82, 2.24) is 0 Å². The minimum atomic E-state index is -1.00. The van der Waals surface area contributed by atoms with Crippen LogP contribution in [-0.4, -0.2) is 48.2 Å². The number of hydrogen-bond donors (Lipinski definition) is 0. The van der Waals surface area contributed by atoms with Crippen molar-refractivity contribution in [2.75, 3.05) is 0 Å². The van der Waals surface area contributed by atoms with Crippen molar-refractivity contribution in [2.45, 2.75) is 111 Å². The second kappa shape index (κ2) is 15.8. The van der Waals surface area contributed by atoms with E-state index in [0.717, 1.165) is 5.57 Å². The maximum atomic E-state index is 13.6. The number of carbonyl (C=O) groups is 3. The number of allylic oxidation sites excluding steroid dienone is 1. The van der Waals surface area contributed by atoms with Crippen LogP contribution >= 0.6 is 18.9 Å². The zero-order valence-electron chi connectivity index (χ0n) is 23.0. The minimum absolute atomic E-state index is 0.00518. The molecular formula is C25H43N3O7P2. The first kappa shape index (κ1) is 33.5. The molecule has 1 fully saturated rings. The number of ether oxygens (including phenoxy) is 2. The first-order chi connectivity index (χ1) is 17.3. The molecule has 1 saturated heterocycles. The van der Waals surface area contributed by atoms with Crippen molar-refractivity contribution in [3.63, 3.8) is 0 Å². The zero-order chi connectivity index (χ0) is 28.3. The van der Waals surface area contributed by atoms with E-state index in [1.807, 2.05) is 33.8 Å². The Morgan fingerprint density at radius 3 is 2.35 bits per heavy atom. The van der Waals surface area contributed by atoms with Gasteiger partial charge in [-0.1, -0.05) is 38.9 Å². The van der Waals surface area contributed by atoms with Crippen molar-refractivity contribution < 1.29 is 32.9 Å². The third-order valence-corrected chi connectivity index (χ3v) is 8.01. The molecule has 9 atom stereocenters. The van der Waals surface area contributed by atoms with Gasteiger partial charge in [-0.05, 0) is 50.1 Å². The average molecular weight is 560 g/mol.